The van der Waals surface area contributed by atoms with Crippen LogP contribution in [0.2, 0.25) is 0 Å². The summed E-state index contributed by atoms with van der Waals surface area (Å²) >= 11 is 0. The molecule has 8 nitrogen and oxygen atoms in total. The average molecular weight is 422 g/mol. The molecule has 0 radical (unpaired) electrons. The van der Waals surface area contributed by atoms with Gasteiger partial charge >= 0.3 is 6.09 Å². The Morgan fingerprint density at radius 1 is 0.935 bits per heavy atom. The molecule has 3 aromatic rings. The largest absolute Gasteiger partial charge is 0.444 e. The lowest BCUT2D eigenvalue weighted by molar-refractivity contribution is 0.0526. The summed E-state index contributed by atoms with van der Waals surface area (Å²) in [4.78, 5) is 23.9. The Kier molecular flexibility index (Phi) is 6.69. The number of carbonyl (C=O) groups excluding carboxylic acids is 2. The van der Waals surface area contributed by atoms with E-state index in [4.69, 9.17) is 9.15 Å². The van der Waals surface area contributed by atoms with Crippen molar-refractivity contribution in [2.75, 3.05) is 13.1 Å². The molecular formula is C23H26N4O4. The Labute approximate surface area is 181 Å². The summed E-state index contributed by atoms with van der Waals surface area (Å²) in [5.74, 6) is 0.576. The van der Waals surface area contributed by atoms with Gasteiger partial charge in [-0.15, -0.1) is 10.2 Å². The van der Waals surface area contributed by atoms with Crippen LogP contribution in [0.5, 0.6) is 0 Å². The number of alkyl carbamates (subject to hydrolysis) is 1. The maximum absolute atomic E-state index is 12.3. The third kappa shape index (κ3) is 6.40. The summed E-state index contributed by atoms with van der Waals surface area (Å²) in [6, 6.07) is 14.7. The monoisotopic (exact) mass is 422 g/mol. The number of aromatic nitrogens is 2. The molecule has 162 valence electrons. The second-order valence-corrected chi connectivity index (χ2v) is 8.04. The van der Waals surface area contributed by atoms with Gasteiger partial charge in [0, 0.05) is 29.8 Å². The van der Waals surface area contributed by atoms with Crippen LogP contribution in [0.3, 0.4) is 0 Å². The molecule has 2 aromatic carbocycles. The van der Waals surface area contributed by atoms with Gasteiger partial charge in [0.05, 0.1) is 0 Å². The highest BCUT2D eigenvalue weighted by Crippen LogP contribution is 2.24. The predicted molar refractivity (Wildman–Crippen MR) is 116 cm³/mol. The van der Waals surface area contributed by atoms with Gasteiger partial charge in [-0.2, -0.15) is 0 Å². The van der Waals surface area contributed by atoms with Crippen molar-refractivity contribution >= 4 is 12.0 Å². The summed E-state index contributed by atoms with van der Waals surface area (Å²) in [6.45, 7) is 7.91. The highest BCUT2D eigenvalue weighted by atomic mass is 16.6. The van der Waals surface area contributed by atoms with Crippen LogP contribution in [0.1, 0.15) is 36.7 Å². The minimum absolute atomic E-state index is 0.247. The van der Waals surface area contributed by atoms with E-state index < -0.39 is 11.7 Å². The van der Waals surface area contributed by atoms with Crippen LogP contribution in [0.4, 0.5) is 4.79 Å². The molecule has 0 fully saturated rings. The molecule has 0 saturated heterocycles. The van der Waals surface area contributed by atoms with Gasteiger partial charge in [0.15, 0.2) is 0 Å². The number of amides is 2. The molecule has 0 saturated carbocycles. The number of ether oxygens (including phenoxy) is 1. The molecule has 1 aromatic heterocycles. The molecule has 2 N–H and O–H groups in total. The third-order valence-electron chi connectivity index (χ3n) is 4.16. The molecule has 3 rings (SSSR count). The fourth-order valence-electron chi connectivity index (χ4n) is 2.76. The molecule has 2 amide bonds. The molecule has 0 aliphatic rings. The Morgan fingerprint density at radius 3 is 2.23 bits per heavy atom. The van der Waals surface area contributed by atoms with E-state index in [9.17, 15) is 9.59 Å². The molecule has 1 heterocycles. The van der Waals surface area contributed by atoms with Crippen LogP contribution in [0.15, 0.2) is 52.9 Å². The van der Waals surface area contributed by atoms with E-state index in [2.05, 4.69) is 20.8 Å². The molecule has 31 heavy (non-hydrogen) atoms. The average Bonchev–Trinajstić information content (AvgIpc) is 3.20. The van der Waals surface area contributed by atoms with Gasteiger partial charge in [0.25, 0.3) is 5.91 Å². The van der Waals surface area contributed by atoms with E-state index in [1.807, 2.05) is 31.2 Å². The quantitative estimate of drug-likeness (QED) is 0.582. The third-order valence-corrected chi connectivity index (χ3v) is 4.16. The van der Waals surface area contributed by atoms with Gasteiger partial charge in [-0.3, -0.25) is 4.79 Å². The zero-order valence-corrected chi connectivity index (χ0v) is 18.1. The van der Waals surface area contributed by atoms with Crippen LogP contribution in [0.25, 0.3) is 22.9 Å². The number of nitrogens with zero attached hydrogens (tertiary/aromatic N) is 2. The first-order chi connectivity index (χ1) is 14.7. The lowest BCUT2D eigenvalue weighted by Gasteiger charge is -2.19. The number of rotatable bonds is 6. The van der Waals surface area contributed by atoms with E-state index in [0.717, 1.165) is 16.7 Å². The van der Waals surface area contributed by atoms with Crippen molar-refractivity contribution in [3.05, 3.63) is 59.7 Å². The van der Waals surface area contributed by atoms with E-state index >= 15 is 0 Å². The molecule has 0 unspecified atom stereocenters. The van der Waals surface area contributed by atoms with Crippen molar-refractivity contribution in [2.24, 2.45) is 0 Å². The minimum atomic E-state index is -0.561. The highest BCUT2D eigenvalue weighted by molar-refractivity contribution is 5.94. The van der Waals surface area contributed by atoms with Gasteiger partial charge in [-0.1, -0.05) is 17.7 Å². The van der Waals surface area contributed by atoms with Gasteiger partial charge in [-0.25, -0.2) is 4.79 Å². The zero-order chi connectivity index (χ0) is 22.4. The normalized spacial score (nSPS) is 11.1. The van der Waals surface area contributed by atoms with Crippen LogP contribution in [-0.4, -0.2) is 40.9 Å². The van der Waals surface area contributed by atoms with E-state index in [1.165, 1.54) is 0 Å². The number of aryl methyl sites for hydroxylation is 1. The van der Waals surface area contributed by atoms with Crippen molar-refractivity contribution in [3.8, 4) is 22.9 Å². The number of benzene rings is 2. The molecule has 0 bridgehead atoms. The van der Waals surface area contributed by atoms with Crippen LogP contribution >= 0.6 is 0 Å². The molecular weight excluding hydrogens is 396 g/mol. The Hall–Kier alpha value is -3.68. The van der Waals surface area contributed by atoms with E-state index in [1.54, 1.807) is 45.0 Å². The Balaban J connectivity index is 1.53. The van der Waals surface area contributed by atoms with Crippen molar-refractivity contribution in [3.63, 3.8) is 0 Å². The van der Waals surface area contributed by atoms with Gasteiger partial charge in [-0.05, 0) is 64.1 Å². The molecule has 0 spiro atoms. The maximum Gasteiger partial charge on any atom is 0.407 e. The van der Waals surface area contributed by atoms with Gasteiger partial charge in [0.2, 0.25) is 11.8 Å². The highest BCUT2D eigenvalue weighted by Gasteiger charge is 2.16. The van der Waals surface area contributed by atoms with Crippen LogP contribution < -0.4 is 10.6 Å². The summed E-state index contributed by atoms with van der Waals surface area (Å²) < 4.78 is 10.9. The Bertz CT molecular complexity index is 1050. The molecule has 0 aliphatic carbocycles. The summed E-state index contributed by atoms with van der Waals surface area (Å²) in [5.41, 5.74) is 2.60. The second kappa shape index (κ2) is 9.42. The van der Waals surface area contributed by atoms with Crippen molar-refractivity contribution in [2.45, 2.75) is 33.3 Å². The fourth-order valence-corrected chi connectivity index (χ4v) is 2.76. The summed E-state index contributed by atoms with van der Waals surface area (Å²) in [7, 11) is 0. The van der Waals surface area contributed by atoms with Crippen molar-refractivity contribution in [1.29, 1.82) is 0 Å². The predicted octanol–water partition coefficient (Wildman–Crippen LogP) is 3.97. The summed E-state index contributed by atoms with van der Waals surface area (Å²) in [6.07, 6.45) is -0.518. The molecule has 0 atom stereocenters. The second-order valence-electron chi connectivity index (χ2n) is 8.04. The standard InChI is InChI=1S/C23H26N4O4/c1-15-6-5-7-18(14-15)21-27-26-20(30-21)17-10-8-16(9-11-17)19(28)24-12-13-25-22(29)31-23(2,3)4/h5-11,14H,12-13H2,1-4H3,(H,24,28)(H,25,29). The minimum Gasteiger partial charge on any atom is -0.444 e. The first-order valence-corrected chi connectivity index (χ1v) is 9.97. The fraction of sp³-hybridized carbons (Fsp3) is 0.304. The number of hydrogen-bond donors (Lipinski definition) is 2. The van der Waals surface area contributed by atoms with E-state index in [0.29, 0.717) is 17.3 Å². The lowest BCUT2D eigenvalue weighted by atomic mass is 10.1. The zero-order valence-electron chi connectivity index (χ0n) is 18.1. The molecule has 8 heteroatoms. The van der Waals surface area contributed by atoms with Gasteiger partial charge < -0.3 is 19.8 Å². The summed E-state index contributed by atoms with van der Waals surface area (Å²) in [5, 5.41) is 13.5. The van der Waals surface area contributed by atoms with Crippen LogP contribution in [0, 0.1) is 6.92 Å². The van der Waals surface area contributed by atoms with Crippen molar-refractivity contribution < 1.29 is 18.7 Å². The van der Waals surface area contributed by atoms with Crippen molar-refractivity contribution in [1.82, 2.24) is 20.8 Å². The van der Waals surface area contributed by atoms with Gasteiger partial charge in [0.1, 0.15) is 5.60 Å². The Morgan fingerprint density at radius 2 is 1.58 bits per heavy atom. The topological polar surface area (TPSA) is 106 Å². The first-order valence-electron chi connectivity index (χ1n) is 9.97. The number of hydrogen-bond acceptors (Lipinski definition) is 6. The van der Waals surface area contributed by atoms with Crippen LogP contribution in [-0.2, 0) is 4.74 Å². The first kappa shape index (κ1) is 22.0. The maximum atomic E-state index is 12.3. The number of carbonyl (C=O) groups is 2. The van der Waals surface area contributed by atoms with E-state index in [-0.39, 0.29) is 19.0 Å². The number of nitrogens with one attached hydrogen (secondary N) is 2. The molecule has 0 aliphatic heterocycles. The lowest BCUT2D eigenvalue weighted by Crippen LogP contribution is -2.37. The smallest absolute Gasteiger partial charge is 0.407 e. The SMILES string of the molecule is Cc1cccc(-c2nnc(-c3ccc(C(=O)NCCNC(=O)OC(C)(C)C)cc3)o2)c1.